The maximum Gasteiger partial charge on any atom is 0.305 e. The van der Waals surface area contributed by atoms with Crippen molar-refractivity contribution in [3.05, 3.63) is 0 Å². The van der Waals surface area contributed by atoms with Gasteiger partial charge in [0.15, 0.2) is 0 Å². The maximum absolute atomic E-state index is 10.7. The lowest BCUT2D eigenvalue weighted by atomic mass is 9.88. The Bertz CT molecular complexity index is 221. The summed E-state index contributed by atoms with van der Waals surface area (Å²) in [5.41, 5.74) is 5.63. The maximum atomic E-state index is 10.7. The molecule has 1 saturated heterocycles. The number of carboxylic acid groups (broad SMARTS) is 1. The van der Waals surface area contributed by atoms with Crippen LogP contribution in [0.1, 0.15) is 39.0 Å². The topological polar surface area (TPSA) is 66.6 Å². The van der Waals surface area contributed by atoms with Crippen molar-refractivity contribution < 1.29 is 9.90 Å². The molecule has 0 bridgehead atoms. The number of aliphatic carboxylic acids is 1. The van der Waals surface area contributed by atoms with E-state index in [2.05, 4.69) is 11.8 Å². The van der Waals surface area contributed by atoms with Gasteiger partial charge in [0, 0.05) is 5.54 Å². The van der Waals surface area contributed by atoms with E-state index in [0.29, 0.717) is 0 Å². The normalized spacial score (nSPS) is 28.7. The second-order valence-corrected chi connectivity index (χ2v) is 4.63. The zero-order valence-corrected chi connectivity index (χ0v) is 9.54. The molecule has 1 aliphatic rings. The number of rotatable bonds is 4. The summed E-state index contributed by atoms with van der Waals surface area (Å²) in [5, 5.41) is 8.80. The Labute approximate surface area is 91.4 Å². The van der Waals surface area contributed by atoms with Crippen LogP contribution in [0, 0.1) is 0 Å². The highest BCUT2D eigenvalue weighted by atomic mass is 16.4. The first-order valence-electron chi connectivity index (χ1n) is 5.79. The highest BCUT2D eigenvalue weighted by molar-refractivity contribution is 5.68. The van der Waals surface area contributed by atoms with Crippen LogP contribution in [0.3, 0.4) is 0 Å². The van der Waals surface area contributed by atoms with Crippen molar-refractivity contribution in [1.29, 1.82) is 0 Å². The van der Waals surface area contributed by atoms with Crippen LogP contribution in [0.25, 0.3) is 0 Å². The van der Waals surface area contributed by atoms with E-state index in [1.54, 1.807) is 0 Å². The Balaban J connectivity index is 2.47. The van der Waals surface area contributed by atoms with E-state index in [0.717, 1.165) is 45.3 Å². The SMILES string of the molecule is CCCN1CCCC(N)(CC(=O)O)CC1. The fourth-order valence-corrected chi connectivity index (χ4v) is 2.29. The molecule has 0 spiro atoms. The summed E-state index contributed by atoms with van der Waals surface area (Å²) in [6, 6.07) is 0. The zero-order chi connectivity index (χ0) is 11.3. The van der Waals surface area contributed by atoms with E-state index in [1.165, 1.54) is 0 Å². The molecule has 1 atom stereocenters. The van der Waals surface area contributed by atoms with Gasteiger partial charge >= 0.3 is 5.97 Å². The summed E-state index contributed by atoms with van der Waals surface area (Å²) in [5.74, 6) is -0.776. The van der Waals surface area contributed by atoms with Crippen LogP contribution in [0.5, 0.6) is 0 Å². The lowest BCUT2D eigenvalue weighted by Crippen LogP contribution is -2.42. The van der Waals surface area contributed by atoms with Crippen LogP contribution >= 0.6 is 0 Å². The van der Waals surface area contributed by atoms with Gasteiger partial charge in [0.05, 0.1) is 6.42 Å². The number of carboxylic acids is 1. The summed E-state index contributed by atoms with van der Waals surface area (Å²) in [7, 11) is 0. The van der Waals surface area contributed by atoms with Crippen molar-refractivity contribution in [1.82, 2.24) is 4.90 Å². The van der Waals surface area contributed by atoms with Crippen LogP contribution in [-0.4, -0.2) is 41.1 Å². The number of nitrogens with two attached hydrogens (primary N) is 1. The van der Waals surface area contributed by atoms with Crippen molar-refractivity contribution in [2.24, 2.45) is 5.73 Å². The van der Waals surface area contributed by atoms with Gasteiger partial charge in [0.25, 0.3) is 0 Å². The molecule has 0 saturated carbocycles. The Hall–Kier alpha value is -0.610. The zero-order valence-electron chi connectivity index (χ0n) is 9.54. The smallest absolute Gasteiger partial charge is 0.305 e. The molecule has 0 radical (unpaired) electrons. The molecule has 88 valence electrons. The molecule has 15 heavy (non-hydrogen) atoms. The predicted molar refractivity (Wildman–Crippen MR) is 59.8 cm³/mol. The van der Waals surface area contributed by atoms with Crippen molar-refractivity contribution in [2.45, 2.75) is 44.6 Å². The quantitative estimate of drug-likeness (QED) is 0.734. The van der Waals surface area contributed by atoms with Gasteiger partial charge in [0.1, 0.15) is 0 Å². The van der Waals surface area contributed by atoms with E-state index in [9.17, 15) is 4.79 Å². The van der Waals surface area contributed by atoms with Gasteiger partial charge in [0.2, 0.25) is 0 Å². The van der Waals surface area contributed by atoms with Gasteiger partial charge in [-0.2, -0.15) is 0 Å². The molecule has 1 rings (SSSR count). The molecular weight excluding hydrogens is 192 g/mol. The van der Waals surface area contributed by atoms with Gasteiger partial charge in [-0.3, -0.25) is 4.79 Å². The van der Waals surface area contributed by atoms with Crippen molar-refractivity contribution >= 4 is 5.97 Å². The molecule has 0 amide bonds. The molecule has 1 fully saturated rings. The van der Waals surface area contributed by atoms with Crippen molar-refractivity contribution in [3.63, 3.8) is 0 Å². The Morgan fingerprint density at radius 1 is 1.47 bits per heavy atom. The van der Waals surface area contributed by atoms with E-state index < -0.39 is 11.5 Å². The van der Waals surface area contributed by atoms with Gasteiger partial charge in [-0.25, -0.2) is 0 Å². The standard InChI is InChI=1S/C11H22N2O2/c1-2-6-13-7-3-4-11(12,5-8-13)9-10(14)15/h2-9,12H2,1H3,(H,14,15). The molecule has 0 aromatic carbocycles. The number of hydrogen-bond acceptors (Lipinski definition) is 3. The third-order valence-electron chi connectivity index (χ3n) is 3.12. The largest absolute Gasteiger partial charge is 0.481 e. The molecule has 3 N–H and O–H groups in total. The predicted octanol–water partition coefficient (Wildman–Crippen LogP) is 1.05. The van der Waals surface area contributed by atoms with Crippen molar-refractivity contribution in [3.8, 4) is 0 Å². The Kier molecular flexibility index (Phi) is 4.54. The highest BCUT2D eigenvalue weighted by Crippen LogP contribution is 2.23. The van der Waals surface area contributed by atoms with E-state index in [1.807, 2.05) is 0 Å². The summed E-state index contributed by atoms with van der Waals surface area (Å²) >= 11 is 0. The molecule has 4 nitrogen and oxygen atoms in total. The summed E-state index contributed by atoms with van der Waals surface area (Å²) in [6.07, 6.45) is 3.91. The lowest BCUT2D eigenvalue weighted by molar-refractivity contribution is -0.138. The number of nitrogens with zero attached hydrogens (tertiary/aromatic N) is 1. The molecule has 1 unspecified atom stereocenters. The number of hydrogen-bond donors (Lipinski definition) is 2. The van der Waals surface area contributed by atoms with E-state index >= 15 is 0 Å². The first-order chi connectivity index (χ1) is 7.06. The molecule has 4 heteroatoms. The third kappa shape index (κ3) is 4.18. The second-order valence-electron chi connectivity index (χ2n) is 4.63. The first kappa shape index (κ1) is 12.5. The van der Waals surface area contributed by atoms with Gasteiger partial charge in [-0.1, -0.05) is 6.92 Å². The van der Waals surface area contributed by atoms with Crippen LogP contribution in [0.4, 0.5) is 0 Å². The Morgan fingerprint density at radius 2 is 2.20 bits per heavy atom. The fourth-order valence-electron chi connectivity index (χ4n) is 2.29. The minimum absolute atomic E-state index is 0.104. The highest BCUT2D eigenvalue weighted by Gasteiger charge is 2.30. The minimum Gasteiger partial charge on any atom is -0.481 e. The molecule has 1 heterocycles. The average molecular weight is 214 g/mol. The van der Waals surface area contributed by atoms with Gasteiger partial charge in [-0.15, -0.1) is 0 Å². The van der Waals surface area contributed by atoms with Crippen molar-refractivity contribution in [2.75, 3.05) is 19.6 Å². The number of likely N-dealkylation sites (tertiary alicyclic amines) is 1. The third-order valence-corrected chi connectivity index (χ3v) is 3.12. The van der Waals surface area contributed by atoms with Gasteiger partial charge < -0.3 is 15.7 Å². The monoisotopic (exact) mass is 214 g/mol. The minimum atomic E-state index is -0.776. The van der Waals surface area contributed by atoms with Crippen LogP contribution < -0.4 is 5.73 Å². The van der Waals surface area contributed by atoms with Crippen LogP contribution in [0.2, 0.25) is 0 Å². The lowest BCUT2D eigenvalue weighted by Gasteiger charge is -2.26. The van der Waals surface area contributed by atoms with Crippen LogP contribution in [0.15, 0.2) is 0 Å². The van der Waals surface area contributed by atoms with E-state index in [4.69, 9.17) is 10.8 Å². The Morgan fingerprint density at radius 3 is 2.80 bits per heavy atom. The van der Waals surface area contributed by atoms with E-state index in [-0.39, 0.29) is 6.42 Å². The van der Waals surface area contributed by atoms with Gasteiger partial charge in [-0.05, 0) is 45.3 Å². The average Bonchev–Trinajstić information content (AvgIpc) is 2.28. The number of carbonyl (C=O) groups is 1. The molecule has 0 aromatic rings. The summed E-state index contributed by atoms with van der Waals surface area (Å²) in [6.45, 7) is 5.27. The van der Waals surface area contributed by atoms with Crippen LogP contribution in [-0.2, 0) is 4.79 Å². The first-order valence-corrected chi connectivity index (χ1v) is 5.79. The molecular formula is C11H22N2O2. The molecule has 0 aromatic heterocycles. The fraction of sp³-hybridized carbons (Fsp3) is 0.909. The summed E-state index contributed by atoms with van der Waals surface area (Å²) < 4.78 is 0. The molecule has 0 aliphatic carbocycles. The molecule has 1 aliphatic heterocycles. The second kappa shape index (κ2) is 5.47. The summed E-state index contributed by atoms with van der Waals surface area (Å²) in [4.78, 5) is 13.1.